The van der Waals surface area contributed by atoms with Crippen LogP contribution in [-0.2, 0) is 11.3 Å². The molecule has 0 spiro atoms. The molecular weight excluding hydrogens is 260 g/mol. The Balaban J connectivity index is 1.70. The van der Waals surface area contributed by atoms with Gasteiger partial charge in [-0.05, 0) is 30.0 Å². The van der Waals surface area contributed by atoms with Crippen molar-refractivity contribution in [2.24, 2.45) is 11.7 Å². The molecule has 0 aliphatic heterocycles. The lowest BCUT2D eigenvalue weighted by molar-refractivity contribution is -0.121. The van der Waals surface area contributed by atoms with Crippen molar-refractivity contribution in [2.75, 3.05) is 6.54 Å². The summed E-state index contributed by atoms with van der Waals surface area (Å²) < 4.78 is 0. The topological polar surface area (TPSA) is 55.1 Å². The first-order valence-electron chi connectivity index (χ1n) is 7.82. The molecule has 1 aliphatic rings. The third-order valence-electron chi connectivity index (χ3n) is 4.03. The van der Waals surface area contributed by atoms with Crippen molar-refractivity contribution in [3.8, 4) is 11.8 Å². The standard InChI is InChI=1S/C18H24N2O/c19-13-3-6-16-7-9-17(10-8-16)14-20-18(21)12-11-15-4-1-2-5-15/h7-10,15H,1-2,4-5,11-14,19H2,(H,20,21). The zero-order chi connectivity index (χ0) is 14.9. The fraction of sp³-hybridized carbons (Fsp3) is 0.500. The van der Waals surface area contributed by atoms with Crippen molar-refractivity contribution < 1.29 is 4.79 Å². The van der Waals surface area contributed by atoms with Gasteiger partial charge in [-0.15, -0.1) is 0 Å². The summed E-state index contributed by atoms with van der Waals surface area (Å²) >= 11 is 0. The molecule has 3 nitrogen and oxygen atoms in total. The number of carbonyl (C=O) groups excluding carboxylic acids is 1. The molecule has 1 saturated carbocycles. The monoisotopic (exact) mass is 284 g/mol. The molecule has 1 aliphatic carbocycles. The lowest BCUT2D eigenvalue weighted by Crippen LogP contribution is -2.22. The molecule has 0 bridgehead atoms. The summed E-state index contributed by atoms with van der Waals surface area (Å²) in [5.41, 5.74) is 7.39. The van der Waals surface area contributed by atoms with E-state index in [4.69, 9.17) is 5.73 Å². The van der Waals surface area contributed by atoms with E-state index in [1.54, 1.807) is 0 Å². The molecule has 0 atom stereocenters. The van der Waals surface area contributed by atoms with Gasteiger partial charge in [-0.25, -0.2) is 0 Å². The van der Waals surface area contributed by atoms with Crippen LogP contribution >= 0.6 is 0 Å². The van der Waals surface area contributed by atoms with Crippen molar-refractivity contribution in [3.05, 3.63) is 35.4 Å². The SMILES string of the molecule is NCC#Cc1ccc(CNC(=O)CCC2CCCC2)cc1. The molecule has 1 fully saturated rings. The van der Waals surface area contributed by atoms with Gasteiger partial charge in [-0.2, -0.15) is 0 Å². The van der Waals surface area contributed by atoms with Crippen LogP contribution in [0.2, 0.25) is 0 Å². The van der Waals surface area contributed by atoms with E-state index in [0.717, 1.165) is 23.5 Å². The van der Waals surface area contributed by atoms with Crippen molar-refractivity contribution in [1.82, 2.24) is 5.32 Å². The van der Waals surface area contributed by atoms with E-state index in [1.807, 2.05) is 24.3 Å². The van der Waals surface area contributed by atoms with E-state index in [0.29, 0.717) is 19.5 Å². The first-order chi connectivity index (χ1) is 10.3. The Hall–Kier alpha value is -1.79. The van der Waals surface area contributed by atoms with Gasteiger partial charge in [0.1, 0.15) is 0 Å². The van der Waals surface area contributed by atoms with Gasteiger partial charge in [-0.3, -0.25) is 4.79 Å². The van der Waals surface area contributed by atoms with Gasteiger partial charge >= 0.3 is 0 Å². The fourth-order valence-corrected chi connectivity index (χ4v) is 2.78. The van der Waals surface area contributed by atoms with Crippen LogP contribution in [0.15, 0.2) is 24.3 Å². The Kier molecular flexibility index (Phi) is 6.30. The lowest BCUT2D eigenvalue weighted by atomic mass is 10.0. The van der Waals surface area contributed by atoms with Crippen LogP contribution in [-0.4, -0.2) is 12.5 Å². The van der Waals surface area contributed by atoms with E-state index < -0.39 is 0 Å². The van der Waals surface area contributed by atoms with Crippen LogP contribution in [0.25, 0.3) is 0 Å². The summed E-state index contributed by atoms with van der Waals surface area (Å²) in [5, 5.41) is 2.99. The number of amides is 1. The van der Waals surface area contributed by atoms with Crippen LogP contribution in [0.5, 0.6) is 0 Å². The maximum Gasteiger partial charge on any atom is 0.220 e. The van der Waals surface area contributed by atoms with E-state index in [9.17, 15) is 4.79 Å². The van der Waals surface area contributed by atoms with Crippen LogP contribution in [0, 0.1) is 17.8 Å². The average molecular weight is 284 g/mol. The molecule has 0 unspecified atom stereocenters. The number of hydrogen-bond acceptors (Lipinski definition) is 2. The van der Waals surface area contributed by atoms with Gasteiger partial charge in [0.25, 0.3) is 0 Å². The summed E-state index contributed by atoms with van der Waals surface area (Å²) in [5.74, 6) is 6.75. The fourth-order valence-electron chi connectivity index (χ4n) is 2.78. The minimum Gasteiger partial charge on any atom is -0.352 e. The zero-order valence-electron chi connectivity index (χ0n) is 12.5. The number of nitrogens with two attached hydrogens (primary N) is 1. The average Bonchev–Trinajstić information content (AvgIpc) is 3.03. The highest BCUT2D eigenvalue weighted by molar-refractivity contribution is 5.75. The molecule has 112 valence electrons. The molecule has 0 radical (unpaired) electrons. The minimum absolute atomic E-state index is 0.161. The Bertz CT molecular complexity index is 504. The first-order valence-corrected chi connectivity index (χ1v) is 7.82. The third-order valence-corrected chi connectivity index (χ3v) is 4.03. The summed E-state index contributed by atoms with van der Waals surface area (Å²) in [4.78, 5) is 11.8. The molecule has 3 heteroatoms. The zero-order valence-corrected chi connectivity index (χ0v) is 12.5. The highest BCUT2D eigenvalue weighted by Gasteiger charge is 2.15. The molecule has 0 saturated heterocycles. The highest BCUT2D eigenvalue weighted by Crippen LogP contribution is 2.28. The van der Waals surface area contributed by atoms with E-state index in [2.05, 4.69) is 17.2 Å². The molecule has 1 aromatic carbocycles. The molecule has 2 rings (SSSR count). The Morgan fingerprint density at radius 1 is 1.24 bits per heavy atom. The van der Waals surface area contributed by atoms with E-state index >= 15 is 0 Å². The van der Waals surface area contributed by atoms with E-state index in [-0.39, 0.29) is 5.91 Å². The van der Waals surface area contributed by atoms with Gasteiger partial charge < -0.3 is 11.1 Å². The normalized spacial score (nSPS) is 14.5. The second kappa shape index (κ2) is 8.49. The van der Waals surface area contributed by atoms with Crippen molar-refractivity contribution in [1.29, 1.82) is 0 Å². The number of nitrogens with one attached hydrogen (secondary N) is 1. The Morgan fingerprint density at radius 2 is 1.95 bits per heavy atom. The summed E-state index contributed by atoms with van der Waals surface area (Å²) in [6.45, 7) is 0.965. The molecule has 0 aromatic heterocycles. The Labute approximate surface area is 127 Å². The molecular formula is C18H24N2O. The number of rotatable bonds is 5. The largest absolute Gasteiger partial charge is 0.352 e. The quantitative estimate of drug-likeness (QED) is 0.817. The van der Waals surface area contributed by atoms with Crippen LogP contribution in [0.1, 0.15) is 49.7 Å². The summed E-state index contributed by atoms with van der Waals surface area (Å²) in [6.07, 6.45) is 6.98. The number of carbonyl (C=O) groups is 1. The van der Waals surface area contributed by atoms with Crippen LogP contribution < -0.4 is 11.1 Å². The molecule has 3 N–H and O–H groups in total. The third kappa shape index (κ3) is 5.61. The van der Waals surface area contributed by atoms with Crippen molar-refractivity contribution in [2.45, 2.75) is 45.1 Å². The molecule has 21 heavy (non-hydrogen) atoms. The smallest absolute Gasteiger partial charge is 0.220 e. The second-order valence-corrected chi connectivity index (χ2v) is 5.67. The highest BCUT2D eigenvalue weighted by atomic mass is 16.1. The number of benzene rings is 1. The van der Waals surface area contributed by atoms with E-state index in [1.165, 1.54) is 25.7 Å². The van der Waals surface area contributed by atoms with Gasteiger partial charge in [0.15, 0.2) is 0 Å². The van der Waals surface area contributed by atoms with Crippen molar-refractivity contribution in [3.63, 3.8) is 0 Å². The molecule has 0 heterocycles. The van der Waals surface area contributed by atoms with Gasteiger partial charge in [0, 0.05) is 18.5 Å². The molecule has 1 amide bonds. The van der Waals surface area contributed by atoms with Gasteiger partial charge in [0.05, 0.1) is 6.54 Å². The molecule has 1 aromatic rings. The second-order valence-electron chi connectivity index (χ2n) is 5.67. The van der Waals surface area contributed by atoms with Gasteiger partial charge in [-0.1, -0.05) is 49.7 Å². The lowest BCUT2D eigenvalue weighted by Gasteiger charge is -2.09. The summed E-state index contributed by atoms with van der Waals surface area (Å²) in [7, 11) is 0. The maximum absolute atomic E-state index is 11.8. The predicted molar refractivity (Wildman–Crippen MR) is 85.4 cm³/mol. The maximum atomic E-state index is 11.8. The van der Waals surface area contributed by atoms with Gasteiger partial charge in [0.2, 0.25) is 5.91 Å². The predicted octanol–water partition coefficient (Wildman–Crippen LogP) is 2.58. The minimum atomic E-state index is 0.161. The Morgan fingerprint density at radius 3 is 2.62 bits per heavy atom. The first kappa shape index (κ1) is 15.6. The van der Waals surface area contributed by atoms with Crippen LogP contribution in [0.4, 0.5) is 0 Å². The number of hydrogen-bond donors (Lipinski definition) is 2. The van der Waals surface area contributed by atoms with Crippen molar-refractivity contribution >= 4 is 5.91 Å². The van der Waals surface area contributed by atoms with Crippen LogP contribution in [0.3, 0.4) is 0 Å². The summed E-state index contributed by atoms with van der Waals surface area (Å²) in [6, 6.07) is 7.92.